The summed E-state index contributed by atoms with van der Waals surface area (Å²) < 4.78 is 46.0. The van der Waals surface area contributed by atoms with Gasteiger partial charge in [0.1, 0.15) is 5.75 Å². The molecule has 0 aliphatic rings. The quantitative estimate of drug-likeness (QED) is 0.623. The molecule has 0 unspecified atom stereocenters. The van der Waals surface area contributed by atoms with Crippen LogP contribution in [0.4, 0.5) is 13.2 Å². The van der Waals surface area contributed by atoms with E-state index in [9.17, 15) is 18.0 Å². The predicted molar refractivity (Wildman–Crippen MR) is 95.6 cm³/mol. The molecular weight excluding hydrogens is 359 g/mol. The number of hydrogen-bond donors (Lipinski definition) is 1. The van der Waals surface area contributed by atoms with Gasteiger partial charge in [0.2, 0.25) is 0 Å². The van der Waals surface area contributed by atoms with Crippen molar-refractivity contribution < 1.29 is 27.4 Å². The number of para-hydroxylation sites is 1. The lowest BCUT2D eigenvalue weighted by atomic mass is 10.0. The molecule has 7 heteroatoms. The molecular formula is C20H18F3NO3. The van der Waals surface area contributed by atoms with Crippen LogP contribution in [-0.4, -0.2) is 30.8 Å². The molecule has 0 saturated carbocycles. The lowest BCUT2D eigenvalue weighted by Gasteiger charge is -2.09. The molecule has 1 N–H and O–H groups in total. The summed E-state index contributed by atoms with van der Waals surface area (Å²) >= 11 is 0. The summed E-state index contributed by atoms with van der Waals surface area (Å²) in [6.45, 7) is -1.56. The molecule has 3 rings (SSSR count). The largest absolute Gasteiger partial charge is 0.497 e. The van der Waals surface area contributed by atoms with Gasteiger partial charge >= 0.3 is 12.1 Å². The van der Waals surface area contributed by atoms with Gasteiger partial charge in [-0.1, -0.05) is 18.2 Å². The number of esters is 1. The van der Waals surface area contributed by atoms with E-state index in [1.54, 1.807) is 7.11 Å². The number of hydrogen-bond acceptors (Lipinski definition) is 3. The molecule has 0 amide bonds. The van der Waals surface area contributed by atoms with E-state index in [4.69, 9.17) is 4.74 Å². The summed E-state index contributed by atoms with van der Waals surface area (Å²) in [6.07, 6.45) is -4.39. The van der Waals surface area contributed by atoms with Crippen LogP contribution in [0.3, 0.4) is 0 Å². The van der Waals surface area contributed by atoms with Crippen LogP contribution < -0.4 is 4.74 Å². The smallest absolute Gasteiger partial charge is 0.422 e. The Morgan fingerprint density at radius 3 is 2.44 bits per heavy atom. The highest BCUT2D eigenvalue weighted by atomic mass is 19.4. The van der Waals surface area contributed by atoms with Crippen LogP contribution in [0.2, 0.25) is 0 Å². The van der Waals surface area contributed by atoms with E-state index in [0.29, 0.717) is 5.75 Å². The molecule has 3 aromatic rings. The Kier molecular flexibility index (Phi) is 5.39. The molecule has 0 aliphatic heterocycles. The van der Waals surface area contributed by atoms with E-state index in [0.717, 1.165) is 27.7 Å². The van der Waals surface area contributed by atoms with E-state index in [1.165, 1.54) is 0 Å². The lowest BCUT2D eigenvalue weighted by molar-refractivity contribution is -0.186. The third-order valence-corrected chi connectivity index (χ3v) is 4.17. The number of ether oxygens (including phenoxy) is 2. The fourth-order valence-electron chi connectivity index (χ4n) is 2.93. The van der Waals surface area contributed by atoms with Crippen molar-refractivity contribution in [2.45, 2.75) is 19.0 Å². The Hall–Kier alpha value is -2.96. The number of halogens is 3. The number of carbonyl (C=O) groups is 1. The van der Waals surface area contributed by atoms with E-state index in [-0.39, 0.29) is 12.8 Å². The molecule has 0 bridgehead atoms. The van der Waals surface area contributed by atoms with Gasteiger partial charge in [0.25, 0.3) is 0 Å². The lowest BCUT2D eigenvalue weighted by Crippen LogP contribution is -2.20. The Labute approximate surface area is 153 Å². The first-order chi connectivity index (χ1) is 12.9. The average molecular weight is 377 g/mol. The number of alkyl halides is 3. The first-order valence-corrected chi connectivity index (χ1v) is 8.34. The van der Waals surface area contributed by atoms with Crippen LogP contribution in [0, 0.1) is 0 Å². The molecule has 0 fully saturated rings. The average Bonchev–Trinajstić information content (AvgIpc) is 3.03. The van der Waals surface area contributed by atoms with Crippen LogP contribution in [0.25, 0.3) is 22.2 Å². The first-order valence-electron chi connectivity index (χ1n) is 8.34. The molecule has 4 nitrogen and oxygen atoms in total. The van der Waals surface area contributed by atoms with Gasteiger partial charge < -0.3 is 14.5 Å². The Balaban J connectivity index is 1.85. The van der Waals surface area contributed by atoms with Gasteiger partial charge in [-0.2, -0.15) is 13.2 Å². The van der Waals surface area contributed by atoms with Crippen LogP contribution in [-0.2, 0) is 16.0 Å². The Bertz CT molecular complexity index is 930. The maximum Gasteiger partial charge on any atom is 0.422 e. The highest BCUT2D eigenvalue weighted by Crippen LogP contribution is 2.32. The number of carbonyl (C=O) groups excluding carboxylic acids is 1. The highest BCUT2D eigenvalue weighted by molar-refractivity contribution is 5.91. The van der Waals surface area contributed by atoms with Gasteiger partial charge in [-0.05, 0) is 47.9 Å². The Morgan fingerprint density at radius 1 is 1.07 bits per heavy atom. The maximum atomic E-state index is 12.2. The number of rotatable bonds is 6. The summed E-state index contributed by atoms with van der Waals surface area (Å²) in [5, 5.41) is 0.923. The van der Waals surface area contributed by atoms with Gasteiger partial charge in [0.05, 0.1) is 7.11 Å². The second-order valence-corrected chi connectivity index (χ2v) is 6.03. The second-order valence-electron chi connectivity index (χ2n) is 6.03. The van der Waals surface area contributed by atoms with Crippen molar-refractivity contribution in [1.82, 2.24) is 4.98 Å². The Morgan fingerprint density at radius 2 is 1.78 bits per heavy atom. The van der Waals surface area contributed by atoms with E-state index in [1.807, 2.05) is 48.5 Å². The number of nitrogens with one attached hydrogen (secondary N) is 1. The third kappa shape index (κ3) is 4.61. The van der Waals surface area contributed by atoms with E-state index < -0.39 is 18.8 Å². The van der Waals surface area contributed by atoms with Crippen molar-refractivity contribution in [3.05, 3.63) is 54.1 Å². The van der Waals surface area contributed by atoms with Crippen molar-refractivity contribution in [3.63, 3.8) is 0 Å². The number of aromatic amines is 1. The zero-order valence-corrected chi connectivity index (χ0v) is 14.6. The molecule has 142 valence electrons. The number of aryl methyl sites for hydroxylation is 1. The molecule has 1 aromatic heterocycles. The predicted octanol–water partition coefficient (Wildman–Crippen LogP) is 4.88. The molecule has 1 heterocycles. The number of fused-ring (bicyclic) bond motifs is 1. The van der Waals surface area contributed by atoms with Gasteiger partial charge in [-0.25, -0.2) is 0 Å². The maximum absolute atomic E-state index is 12.2. The van der Waals surface area contributed by atoms with Crippen molar-refractivity contribution in [3.8, 4) is 17.0 Å². The van der Waals surface area contributed by atoms with Crippen LogP contribution in [0.5, 0.6) is 5.75 Å². The van der Waals surface area contributed by atoms with Crippen molar-refractivity contribution in [2.24, 2.45) is 0 Å². The SMILES string of the molecule is COc1ccc(-c2[nH]c3ccccc3c2CCC(=O)OCC(F)(F)F)cc1. The third-order valence-electron chi connectivity index (χ3n) is 4.17. The van der Waals surface area contributed by atoms with Crippen molar-refractivity contribution >= 4 is 16.9 Å². The molecule has 0 saturated heterocycles. The fraction of sp³-hybridized carbons (Fsp3) is 0.250. The molecule has 0 aliphatic carbocycles. The zero-order chi connectivity index (χ0) is 19.4. The van der Waals surface area contributed by atoms with Crippen LogP contribution in [0.15, 0.2) is 48.5 Å². The minimum atomic E-state index is -4.52. The van der Waals surface area contributed by atoms with Gasteiger partial charge in [0.15, 0.2) is 6.61 Å². The normalized spacial score (nSPS) is 11.6. The van der Waals surface area contributed by atoms with Crippen molar-refractivity contribution in [2.75, 3.05) is 13.7 Å². The van der Waals surface area contributed by atoms with Crippen LogP contribution in [0.1, 0.15) is 12.0 Å². The zero-order valence-electron chi connectivity index (χ0n) is 14.6. The summed E-state index contributed by atoms with van der Waals surface area (Å²) in [5.41, 5.74) is 3.47. The molecule has 0 spiro atoms. The van der Waals surface area contributed by atoms with E-state index >= 15 is 0 Å². The minimum Gasteiger partial charge on any atom is -0.497 e. The molecule has 0 radical (unpaired) electrons. The summed E-state index contributed by atoms with van der Waals surface area (Å²) in [7, 11) is 1.58. The standard InChI is InChI=1S/C20H18F3NO3/c1-26-14-8-6-13(7-9-14)19-16(15-4-2-3-5-17(15)24-19)10-11-18(25)27-12-20(21,22)23/h2-9,24H,10-12H2,1H3. The molecule has 2 aromatic carbocycles. The van der Waals surface area contributed by atoms with Gasteiger partial charge in [-0.3, -0.25) is 4.79 Å². The highest BCUT2D eigenvalue weighted by Gasteiger charge is 2.29. The minimum absolute atomic E-state index is 0.138. The molecule has 0 atom stereocenters. The van der Waals surface area contributed by atoms with E-state index in [2.05, 4.69) is 9.72 Å². The summed E-state index contributed by atoms with van der Waals surface area (Å²) in [4.78, 5) is 15.0. The number of aromatic nitrogens is 1. The number of benzene rings is 2. The monoisotopic (exact) mass is 377 g/mol. The fourth-order valence-corrected chi connectivity index (χ4v) is 2.93. The van der Waals surface area contributed by atoms with Gasteiger partial charge in [0, 0.05) is 23.0 Å². The van der Waals surface area contributed by atoms with Crippen molar-refractivity contribution in [1.29, 1.82) is 0 Å². The van der Waals surface area contributed by atoms with Gasteiger partial charge in [-0.15, -0.1) is 0 Å². The van der Waals surface area contributed by atoms with Crippen LogP contribution >= 0.6 is 0 Å². The molecule has 27 heavy (non-hydrogen) atoms. The second kappa shape index (κ2) is 7.73. The summed E-state index contributed by atoms with van der Waals surface area (Å²) in [5.74, 6) is -0.162. The number of methoxy groups -OCH3 is 1. The number of H-pyrrole nitrogens is 1. The summed E-state index contributed by atoms with van der Waals surface area (Å²) in [6, 6.07) is 15.0. The topological polar surface area (TPSA) is 51.3 Å². The first kappa shape index (κ1) is 18.8.